The standard InChI is InChI=1S/C74H62N4/c1-51-13-5-6-14-65(51)70-47-73(78-50-64(70)48-74(2,3)4)62-39-40-68(69(46-62)59-37-35-58(36-38-59)57-29-27-54(49-75)28-30-57)67-16-8-7-15-66(67)63-44-55(21-19-52-23-31-60(32-24-52)71-17-9-11-41-76-71)43-56(45-63)22-20-53-25-33-61(34-26-53)72-18-10-12-42-77-72/h5-18,23-47,50H,19-22,48H2,1-4H3/i48D2. The molecule has 4 heteroatoms. The molecule has 3 heterocycles. The van der Waals surface area contributed by atoms with Crippen molar-refractivity contribution in [2.75, 3.05) is 0 Å². The van der Waals surface area contributed by atoms with Gasteiger partial charge in [0, 0.05) is 38.0 Å². The van der Waals surface area contributed by atoms with Gasteiger partial charge in [-0.25, -0.2) is 0 Å². The Kier molecular flexibility index (Phi) is 14.2. The van der Waals surface area contributed by atoms with Gasteiger partial charge < -0.3 is 0 Å². The second-order valence-corrected chi connectivity index (χ2v) is 21.2. The third-order valence-electron chi connectivity index (χ3n) is 14.5. The molecule has 0 saturated carbocycles. The minimum Gasteiger partial charge on any atom is -0.256 e. The van der Waals surface area contributed by atoms with E-state index in [1.54, 1.807) is 6.20 Å². The normalized spacial score (nSPS) is 11.9. The summed E-state index contributed by atoms with van der Waals surface area (Å²) in [4.78, 5) is 14.2. The predicted molar refractivity (Wildman–Crippen MR) is 324 cm³/mol. The zero-order valence-corrected chi connectivity index (χ0v) is 44.7. The molecule has 0 saturated heterocycles. The highest BCUT2D eigenvalue weighted by molar-refractivity contribution is 5.94. The van der Waals surface area contributed by atoms with Gasteiger partial charge in [-0.05, 0) is 182 Å². The van der Waals surface area contributed by atoms with Crippen LogP contribution >= 0.6 is 0 Å². The summed E-state index contributed by atoms with van der Waals surface area (Å²) >= 11 is 0. The number of nitrogens with zero attached hydrogens (tertiary/aromatic N) is 4. The topological polar surface area (TPSA) is 62.5 Å². The van der Waals surface area contributed by atoms with Gasteiger partial charge in [0.15, 0.2) is 0 Å². The van der Waals surface area contributed by atoms with Crippen LogP contribution in [0.25, 0.3) is 89.4 Å². The maximum atomic E-state index is 9.51. The van der Waals surface area contributed by atoms with Crippen molar-refractivity contribution in [1.29, 1.82) is 5.26 Å². The van der Waals surface area contributed by atoms with Crippen LogP contribution in [-0.2, 0) is 32.1 Å². The molecule has 0 atom stereocenters. The fourth-order valence-electron chi connectivity index (χ4n) is 10.5. The summed E-state index contributed by atoms with van der Waals surface area (Å²) in [5.74, 6) is 0. The zero-order chi connectivity index (χ0) is 55.2. The average Bonchev–Trinajstić information content (AvgIpc) is 3.70. The molecule has 11 rings (SSSR count). The lowest BCUT2D eigenvalue weighted by molar-refractivity contribution is 0.411. The van der Waals surface area contributed by atoms with E-state index in [1.165, 1.54) is 27.8 Å². The Balaban J connectivity index is 1.01. The van der Waals surface area contributed by atoms with E-state index in [0.29, 0.717) is 11.1 Å². The first-order chi connectivity index (χ1) is 38.9. The Morgan fingerprint density at radius 3 is 1.42 bits per heavy atom. The fourth-order valence-corrected chi connectivity index (χ4v) is 10.5. The Morgan fingerprint density at radius 2 is 0.872 bits per heavy atom. The van der Waals surface area contributed by atoms with E-state index in [-0.39, 0.29) is 0 Å². The van der Waals surface area contributed by atoms with Crippen molar-refractivity contribution in [3.05, 3.63) is 282 Å². The number of aryl methyl sites for hydroxylation is 5. The highest BCUT2D eigenvalue weighted by Gasteiger charge is 2.20. The summed E-state index contributed by atoms with van der Waals surface area (Å²) in [5, 5.41) is 9.51. The summed E-state index contributed by atoms with van der Waals surface area (Å²) in [7, 11) is 0. The summed E-state index contributed by atoms with van der Waals surface area (Å²) in [5.41, 5.74) is 23.1. The Hall–Kier alpha value is -9.30. The van der Waals surface area contributed by atoms with Crippen molar-refractivity contribution >= 4 is 0 Å². The van der Waals surface area contributed by atoms with E-state index >= 15 is 0 Å². The van der Waals surface area contributed by atoms with Crippen LogP contribution in [-0.4, -0.2) is 15.0 Å². The van der Waals surface area contributed by atoms with Gasteiger partial charge in [-0.3, -0.25) is 15.0 Å². The molecule has 0 bridgehead atoms. The smallest absolute Gasteiger partial charge is 0.0991 e. The molecule has 0 fully saturated rings. The number of pyridine rings is 3. The van der Waals surface area contributed by atoms with Crippen molar-refractivity contribution in [3.8, 4) is 95.5 Å². The number of rotatable bonds is 15. The van der Waals surface area contributed by atoms with Gasteiger partial charge in [0.2, 0.25) is 0 Å². The van der Waals surface area contributed by atoms with Crippen LogP contribution in [0.2, 0.25) is 0 Å². The lowest BCUT2D eigenvalue weighted by Gasteiger charge is -2.22. The van der Waals surface area contributed by atoms with Gasteiger partial charge in [-0.1, -0.05) is 197 Å². The number of benzene rings is 8. The van der Waals surface area contributed by atoms with Crippen molar-refractivity contribution in [2.45, 2.75) is 59.8 Å². The molecule has 0 amide bonds. The second-order valence-electron chi connectivity index (χ2n) is 21.2. The van der Waals surface area contributed by atoms with E-state index in [2.05, 4.69) is 187 Å². The summed E-state index contributed by atoms with van der Waals surface area (Å²) in [6, 6.07) is 81.3. The van der Waals surface area contributed by atoms with Crippen molar-refractivity contribution in [3.63, 3.8) is 0 Å². The van der Waals surface area contributed by atoms with Crippen molar-refractivity contribution in [2.24, 2.45) is 5.41 Å². The molecule has 0 spiro atoms. The average molecular weight is 1010 g/mol. The lowest BCUT2D eigenvalue weighted by atomic mass is 9.84. The second kappa shape index (κ2) is 22.9. The monoisotopic (exact) mass is 1010 g/mol. The third kappa shape index (κ3) is 11.9. The van der Waals surface area contributed by atoms with Crippen molar-refractivity contribution < 1.29 is 2.74 Å². The van der Waals surface area contributed by atoms with E-state index in [9.17, 15) is 8.00 Å². The predicted octanol–water partition coefficient (Wildman–Crippen LogP) is 18.5. The van der Waals surface area contributed by atoms with Gasteiger partial charge in [0.1, 0.15) is 0 Å². The van der Waals surface area contributed by atoms with Gasteiger partial charge in [0.05, 0.1) is 28.7 Å². The van der Waals surface area contributed by atoms with Gasteiger partial charge >= 0.3 is 0 Å². The highest BCUT2D eigenvalue weighted by atomic mass is 14.7. The summed E-state index contributed by atoms with van der Waals surface area (Å²) in [6.07, 6.45) is 7.33. The summed E-state index contributed by atoms with van der Waals surface area (Å²) in [6.45, 7) is 7.93. The molecule has 0 radical (unpaired) electrons. The number of hydrogen-bond acceptors (Lipinski definition) is 4. The Morgan fingerprint density at radius 1 is 0.385 bits per heavy atom. The van der Waals surface area contributed by atoms with Crippen molar-refractivity contribution in [1.82, 2.24) is 15.0 Å². The molecule has 0 aliphatic carbocycles. The minimum absolute atomic E-state index is 0.575. The van der Waals surface area contributed by atoms with Crippen LogP contribution in [0.4, 0.5) is 0 Å². The molecule has 378 valence electrons. The van der Waals surface area contributed by atoms with Crippen LogP contribution < -0.4 is 0 Å². The van der Waals surface area contributed by atoms with Crippen LogP contribution in [0.5, 0.6) is 0 Å². The summed E-state index contributed by atoms with van der Waals surface area (Å²) < 4.78 is 18.9. The first kappa shape index (κ1) is 48.3. The van der Waals surface area contributed by atoms with Crippen LogP contribution in [0.3, 0.4) is 0 Å². The maximum Gasteiger partial charge on any atom is 0.0991 e. The van der Waals surface area contributed by atoms with E-state index in [1.807, 2.05) is 93.8 Å². The van der Waals surface area contributed by atoms with Crippen LogP contribution in [0, 0.1) is 23.7 Å². The number of aromatic nitrogens is 3. The molecule has 8 aromatic carbocycles. The SMILES string of the molecule is [2H]C([2H])(c1cnc(-c2ccc(-c3ccccc3-c3cc(CCc4ccc(-c5ccccn5)cc4)cc(CCc4ccc(-c5ccccn5)cc4)c3)c(-c3ccc(-c4ccc(C#N)cc4)cc3)c2)cc1-c1ccccc1C)C(C)(C)C. The molecule has 4 nitrogen and oxygen atoms in total. The molecule has 11 aromatic rings. The quantitative estimate of drug-likeness (QED) is 0.103. The zero-order valence-electron chi connectivity index (χ0n) is 46.7. The van der Waals surface area contributed by atoms with E-state index in [4.69, 9.17) is 4.98 Å². The maximum absolute atomic E-state index is 9.51. The van der Waals surface area contributed by atoms with Gasteiger partial charge in [-0.15, -0.1) is 0 Å². The van der Waals surface area contributed by atoms with Gasteiger partial charge in [0.25, 0.3) is 0 Å². The molecule has 0 N–H and O–H groups in total. The molecule has 0 aliphatic heterocycles. The van der Waals surface area contributed by atoms with Crippen LogP contribution in [0.1, 0.15) is 62.5 Å². The fraction of sp³-hybridized carbons (Fsp3) is 0.135. The van der Waals surface area contributed by atoms with E-state index in [0.717, 1.165) is 115 Å². The number of hydrogen-bond donors (Lipinski definition) is 0. The molecule has 0 aliphatic rings. The molecular weight excluding hydrogens is 945 g/mol. The number of nitriles is 1. The molecular formula is C74H62N4. The van der Waals surface area contributed by atoms with Crippen LogP contribution in [0.15, 0.2) is 243 Å². The minimum atomic E-state index is -1.67. The first-order valence-corrected chi connectivity index (χ1v) is 26.9. The first-order valence-electron chi connectivity index (χ1n) is 27.9. The molecule has 0 unspecified atom stereocenters. The third-order valence-corrected chi connectivity index (χ3v) is 14.5. The van der Waals surface area contributed by atoms with E-state index < -0.39 is 11.8 Å². The Labute approximate surface area is 463 Å². The van der Waals surface area contributed by atoms with Gasteiger partial charge in [-0.2, -0.15) is 5.26 Å². The highest BCUT2D eigenvalue weighted by Crippen LogP contribution is 2.42. The largest absolute Gasteiger partial charge is 0.256 e. The Bertz CT molecular complexity index is 3880. The molecule has 3 aromatic heterocycles. The lowest BCUT2D eigenvalue weighted by Crippen LogP contribution is -2.11. The molecule has 78 heavy (non-hydrogen) atoms.